The second kappa shape index (κ2) is 11.6. The van der Waals surface area contributed by atoms with Gasteiger partial charge in [0.15, 0.2) is 0 Å². The van der Waals surface area contributed by atoms with Crippen LogP contribution < -0.4 is 0 Å². The fourth-order valence-corrected chi connectivity index (χ4v) is 1.51. The largest absolute Gasteiger partial charge is 0.397 e. The summed E-state index contributed by atoms with van der Waals surface area (Å²) in [6.07, 6.45) is -0.121. The lowest BCUT2D eigenvalue weighted by atomic mass is 10.1. The van der Waals surface area contributed by atoms with Crippen LogP contribution in [-0.2, 0) is 6.42 Å². The Hall–Kier alpha value is -1.52. The van der Waals surface area contributed by atoms with Gasteiger partial charge in [-0.15, -0.1) is 0 Å². The van der Waals surface area contributed by atoms with Crippen molar-refractivity contribution in [1.29, 1.82) is 5.26 Å². The van der Waals surface area contributed by atoms with Gasteiger partial charge in [-0.25, -0.2) is 4.39 Å². The minimum Gasteiger partial charge on any atom is -0.397 e. The van der Waals surface area contributed by atoms with E-state index in [2.05, 4.69) is 15.9 Å². The summed E-state index contributed by atoms with van der Waals surface area (Å²) in [5.74, 6) is -0.743. The molecule has 106 valence electrons. The van der Waals surface area contributed by atoms with Crippen LogP contribution in [0.25, 0.3) is 0 Å². The van der Waals surface area contributed by atoms with Crippen molar-refractivity contribution in [2.75, 3.05) is 6.61 Å². The topological polar surface area (TPSA) is 87.2 Å². The second-order valence-corrected chi connectivity index (χ2v) is 3.65. The predicted molar refractivity (Wildman–Crippen MR) is 74.2 cm³/mol. The average molecular weight is 335 g/mol. The zero-order valence-electron chi connectivity index (χ0n) is 11.0. The van der Waals surface area contributed by atoms with Gasteiger partial charge in [0.25, 0.3) is 5.69 Å². The van der Waals surface area contributed by atoms with Gasteiger partial charge in [-0.3, -0.25) is 10.1 Å². The van der Waals surface area contributed by atoms with Gasteiger partial charge in [-0.2, -0.15) is 5.26 Å². The number of nitro groups is 1. The van der Waals surface area contributed by atoms with Crippen LogP contribution in [0.15, 0.2) is 16.6 Å². The van der Waals surface area contributed by atoms with Crippen molar-refractivity contribution in [3.63, 3.8) is 0 Å². The fourth-order valence-electron chi connectivity index (χ4n) is 0.943. The Bertz CT molecular complexity index is 424. The van der Waals surface area contributed by atoms with Crippen molar-refractivity contribution in [2.24, 2.45) is 0 Å². The van der Waals surface area contributed by atoms with Gasteiger partial charge in [0.05, 0.1) is 23.5 Å². The molecule has 0 spiro atoms. The van der Waals surface area contributed by atoms with Gasteiger partial charge in [-0.1, -0.05) is 29.8 Å². The number of benzene rings is 1. The number of nitriles is 1. The van der Waals surface area contributed by atoms with Gasteiger partial charge in [-0.05, 0) is 6.92 Å². The molecule has 1 aromatic rings. The lowest BCUT2D eigenvalue weighted by Crippen LogP contribution is -1.95. The normalized spacial score (nSPS) is 8.26. The number of nitrogens with zero attached hydrogens (tertiary/aromatic N) is 2. The summed E-state index contributed by atoms with van der Waals surface area (Å²) in [5, 5.41) is 26.3. The third-order valence-corrected chi connectivity index (χ3v) is 2.30. The number of hydrogen-bond acceptors (Lipinski definition) is 4. The molecule has 0 unspecified atom stereocenters. The van der Waals surface area contributed by atoms with Gasteiger partial charge >= 0.3 is 0 Å². The predicted octanol–water partition coefficient (Wildman–Crippen LogP) is 3.59. The van der Waals surface area contributed by atoms with Gasteiger partial charge in [0, 0.05) is 22.7 Å². The lowest BCUT2D eigenvalue weighted by molar-refractivity contribution is -0.385. The number of halogens is 2. The first-order valence-corrected chi connectivity index (χ1v) is 6.37. The van der Waals surface area contributed by atoms with E-state index in [0.717, 1.165) is 6.07 Å². The molecule has 0 aromatic heterocycles. The summed E-state index contributed by atoms with van der Waals surface area (Å²) in [6.45, 7) is 5.93. The molecule has 1 rings (SSSR count). The minimum absolute atomic E-state index is 0.121. The molecule has 0 fully saturated rings. The molecule has 0 heterocycles. The first kappa shape index (κ1) is 19.8. The van der Waals surface area contributed by atoms with Crippen LogP contribution in [0.3, 0.4) is 0 Å². The zero-order chi connectivity index (χ0) is 15.4. The molecule has 0 bridgehead atoms. The monoisotopic (exact) mass is 334 g/mol. The minimum atomic E-state index is -0.743. The van der Waals surface area contributed by atoms with E-state index < -0.39 is 10.7 Å². The van der Waals surface area contributed by atoms with Crippen LogP contribution in [0.5, 0.6) is 0 Å². The summed E-state index contributed by atoms with van der Waals surface area (Å²) in [7, 11) is 0. The fraction of sp³-hybridized carbons (Fsp3) is 0.417. The van der Waals surface area contributed by atoms with E-state index in [9.17, 15) is 14.5 Å². The summed E-state index contributed by atoms with van der Waals surface area (Å²) < 4.78 is 13.4. The highest BCUT2D eigenvalue weighted by molar-refractivity contribution is 9.10. The van der Waals surface area contributed by atoms with E-state index in [1.807, 2.05) is 13.8 Å². The van der Waals surface area contributed by atoms with E-state index >= 15 is 0 Å². The highest BCUT2D eigenvalue weighted by Crippen LogP contribution is 2.26. The lowest BCUT2D eigenvalue weighted by Gasteiger charge is -2.01. The highest BCUT2D eigenvalue weighted by Gasteiger charge is 2.14. The molecule has 5 nitrogen and oxygen atoms in total. The molecule has 0 saturated carbocycles. The summed E-state index contributed by atoms with van der Waals surface area (Å²) in [4.78, 5) is 9.64. The van der Waals surface area contributed by atoms with Gasteiger partial charge in [0.2, 0.25) is 0 Å². The van der Waals surface area contributed by atoms with Crippen molar-refractivity contribution >= 4 is 21.6 Å². The Morgan fingerprint density at radius 2 is 2.00 bits per heavy atom. The third-order valence-electron chi connectivity index (χ3n) is 1.59. The number of aliphatic hydroxyl groups is 1. The van der Waals surface area contributed by atoms with Crippen LogP contribution >= 0.6 is 15.9 Å². The van der Waals surface area contributed by atoms with Crippen molar-refractivity contribution < 1.29 is 14.4 Å². The Morgan fingerprint density at radius 1 is 1.53 bits per heavy atom. The molecule has 19 heavy (non-hydrogen) atoms. The van der Waals surface area contributed by atoms with Gasteiger partial charge < -0.3 is 5.11 Å². The standard InChI is InChI=1S/C8H4BrFN2O2.C2H6O.C2H6/c9-7-3-5(12(13)14)4-8(10)6(7)1-2-11;1-2-3;1-2/h3-4H,1H2;3H,2H2,1H3;1-2H3. The third kappa shape index (κ3) is 7.49. The zero-order valence-corrected chi connectivity index (χ0v) is 12.6. The maximum absolute atomic E-state index is 13.2. The molecule has 1 N–H and O–H groups in total. The van der Waals surface area contributed by atoms with Gasteiger partial charge in [0.1, 0.15) is 5.82 Å². The molecule has 0 atom stereocenters. The molecular weight excluding hydrogens is 319 g/mol. The van der Waals surface area contributed by atoms with Crippen molar-refractivity contribution in [3.8, 4) is 6.07 Å². The van der Waals surface area contributed by atoms with Crippen LogP contribution in [0.2, 0.25) is 0 Å². The Balaban J connectivity index is 0. The summed E-state index contributed by atoms with van der Waals surface area (Å²) >= 11 is 2.97. The molecule has 1 aromatic carbocycles. The van der Waals surface area contributed by atoms with Crippen molar-refractivity contribution in [3.05, 3.63) is 38.1 Å². The quantitative estimate of drug-likeness (QED) is 0.661. The SMILES string of the molecule is CC.CCO.N#CCc1c(F)cc([N+](=O)[O-])cc1Br. The molecule has 0 aliphatic rings. The number of nitro benzene ring substituents is 1. The average Bonchev–Trinajstić information content (AvgIpc) is 2.37. The Labute approximate surface area is 120 Å². The molecule has 7 heteroatoms. The molecule has 0 saturated heterocycles. The molecule has 0 aliphatic heterocycles. The molecule has 0 radical (unpaired) electrons. The maximum Gasteiger partial charge on any atom is 0.273 e. The van der Waals surface area contributed by atoms with E-state index in [1.165, 1.54) is 6.07 Å². The molecule has 0 aliphatic carbocycles. The maximum atomic E-state index is 13.2. The second-order valence-electron chi connectivity index (χ2n) is 2.80. The molecule has 0 amide bonds. The number of rotatable bonds is 2. The van der Waals surface area contributed by atoms with Crippen LogP contribution in [0.1, 0.15) is 26.3 Å². The summed E-state index contributed by atoms with van der Waals surface area (Å²) in [5.41, 5.74) is -0.200. The number of hydrogen-bond donors (Lipinski definition) is 1. The van der Waals surface area contributed by atoms with E-state index in [4.69, 9.17) is 10.4 Å². The Kier molecular flexibility index (Phi) is 12.1. The van der Waals surface area contributed by atoms with Crippen LogP contribution in [-0.4, -0.2) is 16.6 Å². The van der Waals surface area contributed by atoms with Crippen molar-refractivity contribution in [1.82, 2.24) is 0 Å². The first-order valence-electron chi connectivity index (χ1n) is 5.58. The van der Waals surface area contributed by atoms with Crippen LogP contribution in [0, 0.1) is 27.3 Å². The number of non-ortho nitro benzene ring substituents is 1. The van der Waals surface area contributed by atoms with Crippen molar-refractivity contribution in [2.45, 2.75) is 27.2 Å². The first-order chi connectivity index (χ1) is 8.97. The van der Waals surface area contributed by atoms with E-state index in [0.29, 0.717) is 0 Å². The van der Waals surface area contributed by atoms with E-state index in [1.54, 1.807) is 13.0 Å². The molecular formula is C12H16BrFN2O3. The van der Waals surface area contributed by atoms with Crippen LogP contribution in [0.4, 0.5) is 10.1 Å². The smallest absolute Gasteiger partial charge is 0.273 e. The highest BCUT2D eigenvalue weighted by atomic mass is 79.9. The number of aliphatic hydroxyl groups excluding tert-OH is 1. The van der Waals surface area contributed by atoms with E-state index in [-0.39, 0.29) is 28.8 Å². The Morgan fingerprint density at radius 3 is 2.32 bits per heavy atom. The summed E-state index contributed by atoms with van der Waals surface area (Å²) in [6, 6.07) is 3.75.